The summed E-state index contributed by atoms with van der Waals surface area (Å²) in [5, 5.41) is 0. The lowest BCUT2D eigenvalue weighted by Crippen LogP contribution is -2.44. The zero-order valence-electron chi connectivity index (χ0n) is 5.40. The van der Waals surface area contributed by atoms with Crippen LogP contribution in [0.1, 0.15) is 19.8 Å². The summed E-state index contributed by atoms with van der Waals surface area (Å²) in [6.07, 6.45) is -0.0185. The molecule has 1 saturated carbocycles. The van der Waals surface area contributed by atoms with Crippen molar-refractivity contribution in [3.63, 3.8) is 0 Å². The monoisotopic (exact) mass is 135 g/mol. The van der Waals surface area contributed by atoms with Crippen LogP contribution in [0.5, 0.6) is 0 Å². The predicted molar refractivity (Wildman–Crippen MR) is 31.3 cm³/mol. The first kappa shape index (κ1) is 6.93. The van der Waals surface area contributed by atoms with Crippen molar-refractivity contribution in [2.45, 2.75) is 31.7 Å². The third-order valence-corrected chi connectivity index (χ3v) is 1.87. The van der Waals surface area contributed by atoms with Gasteiger partial charge in [0.05, 0.1) is 0 Å². The van der Waals surface area contributed by atoms with Gasteiger partial charge in [0.15, 0.2) is 0 Å². The Kier molecular flexibility index (Phi) is 1.47. The molecule has 0 heterocycles. The fourth-order valence-corrected chi connectivity index (χ4v) is 1.08. The molecule has 0 spiro atoms. The van der Waals surface area contributed by atoms with Crippen molar-refractivity contribution in [3.8, 4) is 0 Å². The van der Waals surface area contributed by atoms with Crippen LogP contribution in [-0.2, 0) is 0 Å². The summed E-state index contributed by atoms with van der Waals surface area (Å²) < 4.78 is 24.2. The maximum atomic E-state index is 12.1. The maximum Gasteiger partial charge on any atom is 0.248 e. The average Bonchev–Trinajstić information content (AvgIpc) is 1.59. The van der Waals surface area contributed by atoms with E-state index in [9.17, 15) is 8.78 Å². The molecule has 0 saturated heterocycles. The molecule has 1 aliphatic carbocycles. The zero-order valence-corrected chi connectivity index (χ0v) is 5.40. The molecule has 0 aliphatic heterocycles. The number of alkyl halides is 2. The van der Waals surface area contributed by atoms with Gasteiger partial charge in [-0.15, -0.1) is 0 Å². The van der Waals surface area contributed by atoms with Crippen LogP contribution < -0.4 is 5.73 Å². The molecule has 0 aromatic rings. The lowest BCUT2D eigenvalue weighted by Gasteiger charge is -2.37. The number of hydrogen-bond donors (Lipinski definition) is 1. The molecular weight excluding hydrogens is 124 g/mol. The fraction of sp³-hybridized carbons (Fsp3) is 1.00. The smallest absolute Gasteiger partial charge is 0.248 e. The molecular formula is C6H11F2N. The maximum absolute atomic E-state index is 12.1. The molecule has 1 atom stereocenters. The molecule has 2 N–H and O–H groups in total. The van der Waals surface area contributed by atoms with Crippen molar-refractivity contribution in [1.82, 2.24) is 0 Å². The second kappa shape index (κ2) is 1.90. The van der Waals surface area contributed by atoms with E-state index >= 15 is 0 Å². The van der Waals surface area contributed by atoms with Crippen LogP contribution in [0.15, 0.2) is 0 Å². The Morgan fingerprint density at radius 2 is 2.00 bits per heavy atom. The third-order valence-electron chi connectivity index (χ3n) is 1.87. The van der Waals surface area contributed by atoms with Crippen molar-refractivity contribution in [3.05, 3.63) is 0 Å². The van der Waals surface area contributed by atoms with Gasteiger partial charge < -0.3 is 5.73 Å². The van der Waals surface area contributed by atoms with Crippen molar-refractivity contribution >= 4 is 0 Å². The first-order chi connectivity index (χ1) is 4.01. The quantitative estimate of drug-likeness (QED) is 0.577. The lowest BCUT2D eigenvalue weighted by atomic mass is 9.77. The van der Waals surface area contributed by atoms with Crippen LogP contribution in [0.25, 0.3) is 0 Å². The minimum Gasteiger partial charge on any atom is -0.328 e. The highest BCUT2D eigenvalue weighted by atomic mass is 19.3. The minimum atomic E-state index is -2.40. The summed E-state index contributed by atoms with van der Waals surface area (Å²) in [6.45, 7) is 1.78. The minimum absolute atomic E-state index is 0.00926. The summed E-state index contributed by atoms with van der Waals surface area (Å²) in [7, 11) is 0. The van der Waals surface area contributed by atoms with Crippen molar-refractivity contribution in [1.29, 1.82) is 0 Å². The van der Waals surface area contributed by atoms with Gasteiger partial charge in [-0.3, -0.25) is 0 Å². The second-order valence-corrected chi connectivity index (χ2v) is 2.88. The van der Waals surface area contributed by atoms with E-state index in [-0.39, 0.29) is 24.8 Å². The van der Waals surface area contributed by atoms with Gasteiger partial charge >= 0.3 is 0 Å². The van der Waals surface area contributed by atoms with E-state index in [1.165, 1.54) is 0 Å². The van der Waals surface area contributed by atoms with Gasteiger partial charge in [0.1, 0.15) is 0 Å². The molecule has 1 aliphatic rings. The Morgan fingerprint density at radius 1 is 1.56 bits per heavy atom. The van der Waals surface area contributed by atoms with E-state index in [0.29, 0.717) is 0 Å². The average molecular weight is 135 g/mol. The summed E-state index contributed by atoms with van der Waals surface area (Å²) in [4.78, 5) is 0. The first-order valence-electron chi connectivity index (χ1n) is 3.15. The molecule has 0 amide bonds. The predicted octanol–water partition coefficient (Wildman–Crippen LogP) is 1.38. The van der Waals surface area contributed by atoms with Crippen LogP contribution in [0.3, 0.4) is 0 Å². The molecule has 1 rings (SSSR count). The van der Waals surface area contributed by atoms with Crippen LogP contribution in [-0.4, -0.2) is 12.0 Å². The van der Waals surface area contributed by atoms with E-state index < -0.39 is 5.92 Å². The van der Waals surface area contributed by atoms with Gasteiger partial charge in [-0.1, -0.05) is 0 Å². The highest BCUT2D eigenvalue weighted by Crippen LogP contribution is 2.43. The summed E-state index contributed by atoms with van der Waals surface area (Å²) in [5.41, 5.74) is 5.39. The Balaban J connectivity index is 2.27. The first-order valence-corrected chi connectivity index (χ1v) is 3.15. The molecule has 0 radical (unpaired) electrons. The molecule has 1 fully saturated rings. The standard InChI is InChI=1S/C6H11F2N/c1-4(9)5-2-6(7,8)3-5/h4-5H,2-3,9H2,1H3/t4-/m1/s1. The summed E-state index contributed by atoms with van der Waals surface area (Å²) >= 11 is 0. The highest BCUT2D eigenvalue weighted by molar-refractivity contribution is 4.89. The van der Waals surface area contributed by atoms with E-state index in [0.717, 1.165) is 0 Å². The van der Waals surface area contributed by atoms with Crippen molar-refractivity contribution in [2.75, 3.05) is 0 Å². The third kappa shape index (κ3) is 1.39. The van der Waals surface area contributed by atoms with E-state index in [1.807, 2.05) is 0 Å². The zero-order chi connectivity index (χ0) is 7.07. The van der Waals surface area contributed by atoms with Crippen molar-refractivity contribution < 1.29 is 8.78 Å². The van der Waals surface area contributed by atoms with Crippen LogP contribution in [0.2, 0.25) is 0 Å². The normalized spacial score (nSPS) is 29.3. The number of hydrogen-bond acceptors (Lipinski definition) is 1. The van der Waals surface area contributed by atoms with Gasteiger partial charge in [-0.05, 0) is 12.8 Å². The van der Waals surface area contributed by atoms with Crippen LogP contribution in [0.4, 0.5) is 8.78 Å². The number of rotatable bonds is 1. The Labute approximate surface area is 53.2 Å². The highest BCUT2D eigenvalue weighted by Gasteiger charge is 2.46. The fourth-order valence-electron chi connectivity index (χ4n) is 1.08. The Bertz CT molecular complexity index is 104. The van der Waals surface area contributed by atoms with Gasteiger partial charge in [0.2, 0.25) is 5.92 Å². The van der Waals surface area contributed by atoms with E-state index in [2.05, 4.69) is 0 Å². The SMILES string of the molecule is C[C@@H](N)C1CC(F)(F)C1. The van der Waals surface area contributed by atoms with Gasteiger partial charge in [0, 0.05) is 18.9 Å². The van der Waals surface area contributed by atoms with Crippen molar-refractivity contribution in [2.24, 2.45) is 11.7 Å². The molecule has 9 heavy (non-hydrogen) atoms. The molecule has 1 nitrogen and oxygen atoms in total. The molecule has 3 heteroatoms. The number of nitrogens with two attached hydrogens (primary N) is 1. The molecule has 54 valence electrons. The van der Waals surface area contributed by atoms with Gasteiger partial charge in [-0.2, -0.15) is 0 Å². The molecule has 0 aromatic carbocycles. The van der Waals surface area contributed by atoms with Crippen LogP contribution >= 0.6 is 0 Å². The molecule has 0 bridgehead atoms. The topological polar surface area (TPSA) is 26.0 Å². The van der Waals surface area contributed by atoms with Gasteiger partial charge in [0.25, 0.3) is 0 Å². The van der Waals surface area contributed by atoms with Gasteiger partial charge in [-0.25, -0.2) is 8.78 Å². The lowest BCUT2D eigenvalue weighted by molar-refractivity contribution is -0.115. The summed E-state index contributed by atoms with van der Waals surface area (Å²) in [5.74, 6) is -2.35. The molecule has 0 aromatic heterocycles. The second-order valence-electron chi connectivity index (χ2n) is 2.88. The number of halogens is 2. The van der Waals surface area contributed by atoms with E-state index in [4.69, 9.17) is 5.73 Å². The Hall–Kier alpha value is -0.180. The summed E-state index contributed by atoms with van der Waals surface area (Å²) in [6, 6.07) is -0.0652. The molecule has 0 unspecified atom stereocenters. The van der Waals surface area contributed by atoms with Crippen LogP contribution in [0, 0.1) is 5.92 Å². The van der Waals surface area contributed by atoms with E-state index in [1.54, 1.807) is 6.92 Å². The Morgan fingerprint density at radius 3 is 2.11 bits per heavy atom. The largest absolute Gasteiger partial charge is 0.328 e.